The van der Waals surface area contributed by atoms with E-state index in [9.17, 15) is 50.1 Å². The summed E-state index contributed by atoms with van der Waals surface area (Å²) in [4.78, 5) is 45.2. The number of hydrogen-bond donors (Lipinski definition) is 9. The number of allylic oxidation sites excluding steroid dienone is 4. The number of ketones is 1. The van der Waals surface area contributed by atoms with Crippen LogP contribution in [0.15, 0.2) is 23.6 Å². The molecule has 3 unspecified atom stereocenters. The maximum atomic E-state index is 17.8. The van der Waals surface area contributed by atoms with Crippen LogP contribution in [0.2, 0.25) is 0 Å². The van der Waals surface area contributed by atoms with Crippen LogP contribution >= 0.6 is 0 Å². The number of carbonyl (C=O) groups excluding carboxylic acids is 3. The van der Waals surface area contributed by atoms with Crippen molar-refractivity contribution in [2.75, 3.05) is 54.4 Å². The van der Waals surface area contributed by atoms with Crippen LogP contribution in [0, 0.1) is 46.3 Å². The van der Waals surface area contributed by atoms with Gasteiger partial charge in [0.05, 0.1) is 42.0 Å². The summed E-state index contributed by atoms with van der Waals surface area (Å²) < 4.78 is 72.8. The lowest BCUT2D eigenvalue weighted by atomic mass is 9.45. The number of likely N-dealkylation sites (N-methyl/N-ethyl adjacent to an activating group) is 2. The first kappa shape index (κ1) is 68.8. The van der Waals surface area contributed by atoms with Crippen molar-refractivity contribution < 1.29 is 87.3 Å². The van der Waals surface area contributed by atoms with Gasteiger partial charge in [0.1, 0.15) is 40.9 Å². The number of hydrogen-bond acceptors (Lipinski definition) is 19. The molecule has 7 rings (SSSR count). The van der Waals surface area contributed by atoms with Crippen LogP contribution in [0.1, 0.15) is 141 Å². The summed E-state index contributed by atoms with van der Waals surface area (Å²) in [6, 6.07) is -0.974. The van der Waals surface area contributed by atoms with Gasteiger partial charge in [-0.05, 0) is 138 Å². The second-order valence-electron chi connectivity index (χ2n) is 28.2. The maximum Gasteiger partial charge on any atom is 0.311 e. The average Bonchev–Trinajstić information content (AvgIpc) is 1.30. The van der Waals surface area contributed by atoms with E-state index in [-0.39, 0.29) is 94.0 Å². The number of rotatable bonds is 13. The number of amides is 1. The fraction of sp³-hybridized carbons (Fsp3) is 0.887. The predicted octanol–water partition coefficient (Wildman–Crippen LogP) is 3.62. The van der Waals surface area contributed by atoms with Gasteiger partial charge in [-0.3, -0.25) is 14.4 Å². The summed E-state index contributed by atoms with van der Waals surface area (Å²) in [5, 5.41) is 91.4. The smallest absolute Gasteiger partial charge is 0.311 e. The zero-order valence-electron chi connectivity index (χ0n) is 53.0. The molecule has 482 valence electrons. The number of halogens is 2. The quantitative estimate of drug-likeness (QED) is 0.0941. The highest BCUT2D eigenvalue weighted by molar-refractivity contribution is 5.94. The highest BCUT2D eigenvalue weighted by Gasteiger charge is 2.76. The minimum absolute atomic E-state index is 0.0293. The van der Waals surface area contributed by atoms with Crippen LogP contribution in [0.4, 0.5) is 8.78 Å². The summed E-state index contributed by atoms with van der Waals surface area (Å²) in [6.07, 6.45) is -8.95. The number of carbonyl (C=O) groups is 3. The van der Waals surface area contributed by atoms with Crippen molar-refractivity contribution in [3.05, 3.63) is 23.6 Å². The molecule has 1 amide bonds. The second-order valence-corrected chi connectivity index (χ2v) is 28.2. The van der Waals surface area contributed by atoms with Crippen LogP contribution in [0.25, 0.3) is 0 Å². The molecule has 0 bridgehead atoms. The summed E-state index contributed by atoms with van der Waals surface area (Å²) in [5.74, 6) is -7.26. The van der Waals surface area contributed by atoms with Crippen molar-refractivity contribution in [1.82, 2.24) is 20.4 Å². The number of fused-ring (bicyclic) bond motifs is 5. The van der Waals surface area contributed by atoms with Crippen LogP contribution in [-0.2, 0) is 42.8 Å². The lowest BCUT2D eigenvalue weighted by molar-refractivity contribution is -0.336. The number of methoxy groups -OCH3 is 1. The van der Waals surface area contributed by atoms with Gasteiger partial charge in [-0.15, -0.1) is 0 Å². The molecule has 2 saturated carbocycles. The predicted molar refractivity (Wildman–Crippen MR) is 307 cm³/mol. The van der Waals surface area contributed by atoms with Gasteiger partial charge in [-0.2, -0.15) is 0 Å². The molecule has 4 aliphatic carbocycles. The third-order valence-corrected chi connectivity index (χ3v) is 22.3. The fourth-order valence-corrected chi connectivity index (χ4v) is 16.8. The number of aliphatic hydroxyl groups is 7. The van der Waals surface area contributed by atoms with Gasteiger partial charge in [-0.1, -0.05) is 40.7 Å². The van der Waals surface area contributed by atoms with Crippen LogP contribution < -0.4 is 10.6 Å². The van der Waals surface area contributed by atoms with Crippen molar-refractivity contribution in [3.8, 4) is 0 Å². The Hall–Kier alpha value is -2.65. The largest absolute Gasteiger partial charge is 0.459 e. The average molecular weight is 1200 g/mol. The van der Waals surface area contributed by atoms with E-state index in [1.807, 2.05) is 44.8 Å². The Morgan fingerprint density at radius 1 is 0.905 bits per heavy atom. The van der Waals surface area contributed by atoms with Gasteiger partial charge in [0, 0.05) is 87.3 Å². The summed E-state index contributed by atoms with van der Waals surface area (Å²) >= 11 is 0. The molecule has 84 heavy (non-hydrogen) atoms. The Balaban J connectivity index is 1.10. The Kier molecular flexibility index (Phi) is 20.5. The number of aliphatic hydroxyl groups excluding tert-OH is 3. The van der Waals surface area contributed by atoms with Gasteiger partial charge >= 0.3 is 5.97 Å². The van der Waals surface area contributed by atoms with Crippen molar-refractivity contribution in [2.24, 2.45) is 46.3 Å². The first-order chi connectivity index (χ1) is 38.8. The first-order valence-corrected chi connectivity index (χ1v) is 30.7. The van der Waals surface area contributed by atoms with Gasteiger partial charge < -0.3 is 84.6 Å². The lowest BCUT2D eigenvalue weighted by Crippen LogP contribution is -2.70. The molecule has 3 saturated heterocycles. The molecule has 22 heteroatoms. The summed E-state index contributed by atoms with van der Waals surface area (Å²) in [7, 11) is 6.96. The van der Waals surface area contributed by atoms with Gasteiger partial charge in [0.25, 0.3) is 5.91 Å². The number of cyclic esters (lactones) is 1. The number of nitrogens with zero attached hydrogens (tertiary/aromatic N) is 2. The molecule has 26 atom stereocenters. The van der Waals surface area contributed by atoms with E-state index >= 15 is 8.78 Å². The van der Waals surface area contributed by atoms with E-state index in [1.165, 1.54) is 33.1 Å². The van der Waals surface area contributed by atoms with E-state index in [4.69, 9.17) is 28.4 Å². The van der Waals surface area contributed by atoms with Gasteiger partial charge in [0.15, 0.2) is 29.6 Å². The molecular weight excluding hydrogens is 1090 g/mol. The normalized spacial score (nSPS) is 50.0. The molecule has 0 aromatic heterocycles. The van der Waals surface area contributed by atoms with Crippen LogP contribution in [-0.4, -0.2) is 225 Å². The standard InChI is InChI=1S/C62H104F2N4O16/c1-18-46-59(13,76)50(72)37(7)68(16)30-32(2)27-57(11,75)51(84-53-48(71)44(67(14)15)24-34(4)80-53)35(5)49(36(6)52(73)82-46)83-47-29-58(12,79-17)60(77,38(8)81-47)31-65-21-22-66-54(74)62(78)33(3)23-40-41-26-43(63)42-25-39(69)19-20-55(42,9)61(41,64)45(70)28-56(40,62)10/h19-20,32-38,40-41,44-51,53,65,70-72,75-78H,18,21-31H2,1-17H3,(H,66,74)/t32-,33-,34-,35+,36-,37-,38+,40?,41?,44+,45+,46-,47+,48-,49+,50-,51?,53+,55+,56+,57-,58-,59-,60+,61+,62+/m1/s1. The zero-order chi connectivity index (χ0) is 63.0. The first-order valence-electron chi connectivity index (χ1n) is 30.7. The van der Waals surface area contributed by atoms with Gasteiger partial charge in [-0.25, -0.2) is 8.78 Å². The maximum absolute atomic E-state index is 17.8. The molecule has 0 spiro atoms. The molecule has 3 heterocycles. The minimum Gasteiger partial charge on any atom is -0.459 e. The van der Waals surface area contributed by atoms with E-state index in [0.717, 1.165) is 0 Å². The third-order valence-electron chi connectivity index (χ3n) is 22.3. The second kappa shape index (κ2) is 25.0. The highest BCUT2D eigenvalue weighted by atomic mass is 19.1. The SMILES string of the molecule is CC[C@H]1OC(=O)[C@H](C)[C@@H](O[C@H]2C[C@@](C)(OC)[C@](O)(CNCCNC(=O)[C@@]3(O)[C@H](C)CC4C5CC(F)=C6CC(=O)C=C[C@]6(C)[C@@]5(F)[C@@H](O)C[C@@]43C)[C@H](C)O2)[C@H](C)C(O[C@@H]2O[C@H](C)C[C@H](N(C)C)[C@H]2O)[C@](C)(O)C[C@@H](C)CN(C)[C@H](C)[C@@H](O)[C@]1(C)O. The van der Waals surface area contributed by atoms with E-state index < -0.39 is 153 Å². The molecule has 0 aromatic carbocycles. The molecule has 3 aliphatic heterocycles. The van der Waals surface area contributed by atoms with Crippen molar-refractivity contribution in [3.63, 3.8) is 0 Å². The molecule has 0 radical (unpaired) electrons. The highest BCUT2D eigenvalue weighted by Crippen LogP contribution is 2.71. The molecule has 7 aliphatic rings. The Morgan fingerprint density at radius 3 is 2.18 bits per heavy atom. The zero-order valence-corrected chi connectivity index (χ0v) is 53.0. The topological polar surface area (TPSA) is 279 Å². The Morgan fingerprint density at radius 2 is 1.56 bits per heavy atom. The lowest BCUT2D eigenvalue weighted by Gasteiger charge is -2.62. The van der Waals surface area contributed by atoms with Crippen molar-refractivity contribution >= 4 is 17.7 Å². The van der Waals surface area contributed by atoms with E-state index in [0.29, 0.717) is 13.0 Å². The molecule has 0 aromatic rings. The van der Waals surface area contributed by atoms with Crippen molar-refractivity contribution in [1.29, 1.82) is 0 Å². The molecule has 5 fully saturated rings. The van der Waals surface area contributed by atoms with Gasteiger partial charge in [0.2, 0.25) is 0 Å². The van der Waals surface area contributed by atoms with E-state index in [1.54, 1.807) is 62.3 Å². The molecule has 9 N–H and O–H groups in total. The number of nitrogens with one attached hydrogen (secondary N) is 2. The Labute approximate surface area is 496 Å². The summed E-state index contributed by atoms with van der Waals surface area (Å²) in [5.41, 5.74) is -14.2. The third kappa shape index (κ3) is 11.8. The number of esters is 1. The van der Waals surface area contributed by atoms with Crippen molar-refractivity contribution in [2.45, 2.75) is 249 Å². The number of ether oxygens (including phenoxy) is 6. The number of alkyl halides is 1. The molecular formula is C62H104F2N4O16. The monoisotopic (exact) mass is 1200 g/mol. The van der Waals surface area contributed by atoms with Crippen LogP contribution in [0.3, 0.4) is 0 Å². The minimum atomic E-state index is -2.36. The van der Waals surface area contributed by atoms with Crippen LogP contribution in [0.5, 0.6) is 0 Å². The Bertz CT molecular complexity index is 2440. The summed E-state index contributed by atoms with van der Waals surface area (Å²) in [6.45, 7) is 22.3. The van der Waals surface area contributed by atoms with E-state index in [2.05, 4.69) is 10.6 Å². The molecule has 20 nitrogen and oxygen atoms in total. The fourth-order valence-electron chi connectivity index (χ4n) is 16.8.